The summed E-state index contributed by atoms with van der Waals surface area (Å²) in [6, 6.07) is 1.90. The molecule has 0 aliphatic carbocycles. The summed E-state index contributed by atoms with van der Waals surface area (Å²) in [4.78, 5) is 14.7. The van der Waals surface area contributed by atoms with E-state index in [9.17, 15) is 0 Å². The van der Waals surface area contributed by atoms with Gasteiger partial charge in [-0.15, -0.1) is 22.9 Å². The third kappa shape index (κ3) is 2.78. The highest BCUT2D eigenvalue weighted by Gasteiger charge is 2.20. The minimum absolute atomic E-state index is 0.0700. The first-order valence-corrected chi connectivity index (χ1v) is 8.33. The lowest BCUT2D eigenvalue weighted by atomic mass is 10.3. The molecule has 0 aliphatic heterocycles. The van der Waals surface area contributed by atoms with Crippen molar-refractivity contribution in [1.29, 1.82) is 0 Å². The van der Waals surface area contributed by atoms with Gasteiger partial charge in [-0.1, -0.05) is 11.6 Å². The number of pyridine rings is 1. The first-order valence-electron chi connectivity index (χ1n) is 6.61. The number of fused-ring (bicyclic) bond motifs is 1. The normalized spacial score (nSPS) is 13.0. The summed E-state index contributed by atoms with van der Waals surface area (Å²) in [6.07, 6.45) is 4.22. The van der Waals surface area contributed by atoms with Gasteiger partial charge in [0.25, 0.3) is 0 Å². The Labute approximate surface area is 136 Å². The maximum Gasteiger partial charge on any atom is 0.160 e. The molecule has 0 saturated heterocycles. The van der Waals surface area contributed by atoms with Gasteiger partial charge in [0.1, 0.15) is 16.3 Å². The van der Waals surface area contributed by atoms with Crippen LogP contribution in [-0.2, 0) is 6.42 Å². The van der Waals surface area contributed by atoms with Crippen LogP contribution in [-0.4, -0.2) is 25.4 Å². The minimum Gasteiger partial charge on any atom is -0.303 e. The van der Waals surface area contributed by atoms with Crippen molar-refractivity contribution in [2.24, 2.45) is 0 Å². The summed E-state index contributed by atoms with van der Waals surface area (Å²) in [5, 5.41) is 1.63. The van der Waals surface area contributed by atoms with Crippen molar-refractivity contribution < 1.29 is 0 Å². The predicted molar refractivity (Wildman–Crippen MR) is 87.6 cm³/mol. The van der Waals surface area contributed by atoms with Crippen molar-refractivity contribution in [2.45, 2.75) is 26.3 Å². The Bertz CT molecular complexity index is 780. The molecule has 0 amide bonds. The smallest absolute Gasteiger partial charge is 0.160 e. The second kappa shape index (κ2) is 5.91. The lowest BCUT2D eigenvalue weighted by molar-refractivity contribution is 0.615. The molecule has 0 aromatic carbocycles. The fourth-order valence-corrected chi connectivity index (χ4v) is 3.49. The van der Waals surface area contributed by atoms with Crippen molar-refractivity contribution in [3.8, 4) is 0 Å². The molecule has 0 saturated carbocycles. The van der Waals surface area contributed by atoms with E-state index in [0.717, 1.165) is 22.0 Å². The predicted octanol–water partition coefficient (Wildman–Crippen LogP) is 4.24. The molecule has 4 nitrogen and oxygen atoms in total. The zero-order chi connectivity index (χ0) is 15.0. The second-order valence-electron chi connectivity index (χ2n) is 4.82. The number of hydrogen-bond acceptors (Lipinski definition) is 4. The third-order valence-corrected chi connectivity index (χ3v) is 4.75. The number of aryl methyl sites for hydroxylation is 2. The van der Waals surface area contributed by atoms with Gasteiger partial charge in [-0.25, -0.2) is 15.0 Å². The molecule has 110 valence electrons. The highest BCUT2D eigenvalue weighted by atomic mass is 35.5. The molecule has 1 atom stereocenters. The zero-order valence-corrected chi connectivity index (χ0v) is 14.0. The summed E-state index contributed by atoms with van der Waals surface area (Å²) in [6.45, 7) is 4.16. The fourth-order valence-electron chi connectivity index (χ4n) is 2.35. The van der Waals surface area contributed by atoms with Crippen LogP contribution in [0.2, 0.25) is 5.02 Å². The summed E-state index contributed by atoms with van der Waals surface area (Å²) in [7, 11) is 0. The third-order valence-electron chi connectivity index (χ3n) is 3.27. The molecule has 1 unspecified atom stereocenters. The molecule has 3 heterocycles. The van der Waals surface area contributed by atoms with Crippen LogP contribution in [0.4, 0.5) is 0 Å². The van der Waals surface area contributed by atoms with Crippen LogP contribution in [0.3, 0.4) is 0 Å². The lowest BCUT2D eigenvalue weighted by Crippen LogP contribution is -2.11. The molecule has 3 rings (SSSR count). The molecule has 0 fully saturated rings. The Balaban J connectivity index is 2.16. The van der Waals surface area contributed by atoms with E-state index in [-0.39, 0.29) is 6.04 Å². The Morgan fingerprint density at radius 2 is 2.14 bits per heavy atom. The van der Waals surface area contributed by atoms with Crippen LogP contribution >= 0.6 is 34.5 Å². The maximum atomic E-state index is 6.01. The van der Waals surface area contributed by atoms with Gasteiger partial charge in [-0.2, -0.15) is 0 Å². The van der Waals surface area contributed by atoms with Gasteiger partial charge in [-0.3, -0.25) is 0 Å². The van der Waals surface area contributed by atoms with Gasteiger partial charge in [0.05, 0.1) is 11.1 Å². The van der Waals surface area contributed by atoms with Crippen LogP contribution in [0.5, 0.6) is 0 Å². The highest BCUT2D eigenvalue weighted by Crippen LogP contribution is 2.28. The van der Waals surface area contributed by atoms with Crippen LogP contribution in [0.15, 0.2) is 18.5 Å². The molecule has 3 aromatic rings. The molecule has 21 heavy (non-hydrogen) atoms. The first-order chi connectivity index (χ1) is 10.1. The molecule has 0 N–H and O–H groups in total. The van der Waals surface area contributed by atoms with E-state index in [1.807, 2.05) is 12.3 Å². The monoisotopic (exact) mass is 340 g/mol. The maximum absolute atomic E-state index is 6.01. The van der Waals surface area contributed by atoms with E-state index >= 15 is 0 Å². The van der Waals surface area contributed by atoms with Crippen molar-refractivity contribution in [3.05, 3.63) is 39.2 Å². The minimum atomic E-state index is 0.0700. The molecule has 7 heteroatoms. The van der Waals surface area contributed by atoms with Gasteiger partial charge in [0.2, 0.25) is 0 Å². The number of rotatable bonds is 4. The van der Waals surface area contributed by atoms with E-state index in [2.05, 4.69) is 33.4 Å². The number of imidazole rings is 1. The lowest BCUT2D eigenvalue weighted by Gasteiger charge is -2.14. The average Bonchev–Trinajstić information content (AvgIpc) is 3.01. The van der Waals surface area contributed by atoms with Crippen molar-refractivity contribution >= 4 is 45.7 Å². The number of thiazole rings is 1. The molecule has 0 radical (unpaired) electrons. The quantitative estimate of drug-likeness (QED) is 0.667. The number of nitrogens with zero attached hydrogens (tertiary/aromatic N) is 4. The van der Waals surface area contributed by atoms with E-state index in [1.165, 1.54) is 4.88 Å². The van der Waals surface area contributed by atoms with Gasteiger partial charge >= 0.3 is 0 Å². The van der Waals surface area contributed by atoms with Crippen LogP contribution in [0, 0.1) is 6.92 Å². The second-order valence-corrected chi connectivity index (χ2v) is 6.90. The summed E-state index contributed by atoms with van der Waals surface area (Å²) < 4.78 is 2.10. The summed E-state index contributed by atoms with van der Waals surface area (Å²) in [5.74, 6) is 1.43. The van der Waals surface area contributed by atoms with Crippen molar-refractivity contribution in [1.82, 2.24) is 19.5 Å². The molecule has 0 bridgehead atoms. The Morgan fingerprint density at radius 1 is 1.33 bits per heavy atom. The van der Waals surface area contributed by atoms with Gasteiger partial charge in [-0.05, 0) is 19.9 Å². The molecule has 0 aliphatic rings. The number of hydrogen-bond donors (Lipinski definition) is 0. The number of alkyl halides is 1. The van der Waals surface area contributed by atoms with Gasteiger partial charge in [0, 0.05) is 29.6 Å². The summed E-state index contributed by atoms with van der Waals surface area (Å²) >= 11 is 13.6. The fraction of sp³-hybridized carbons (Fsp3) is 0.357. The van der Waals surface area contributed by atoms with Gasteiger partial charge < -0.3 is 4.57 Å². The molecular weight excluding hydrogens is 327 g/mol. The van der Waals surface area contributed by atoms with Gasteiger partial charge in [0.15, 0.2) is 5.65 Å². The van der Waals surface area contributed by atoms with Crippen LogP contribution in [0.1, 0.15) is 28.7 Å². The zero-order valence-electron chi connectivity index (χ0n) is 11.7. The average molecular weight is 341 g/mol. The van der Waals surface area contributed by atoms with E-state index in [1.54, 1.807) is 17.5 Å². The van der Waals surface area contributed by atoms with Crippen LogP contribution < -0.4 is 0 Å². The SMILES string of the molecule is Cc1cnc(C(C)n2c(CCCl)nc3cc(Cl)cnc32)s1. The topological polar surface area (TPSA) is 43.6 Å². The summed E-state index contributed by atoms with van der Waals surface area (Å²) in [5.41, 5.74) is 1.61. The van der Waals surface area contributed by atoms with Crippen LogP contribution in [0.25, 0.3) is 11.2 Å². The Morgan fingerprint density at radius 3 is 2.81 bits per heavy atom. The number of aromatic nitrogens is 4. The van der Waals surface area contributed by atoms with Crippen molar-refractivity contribution in [2.75, 3.05) is 5.88 Å². The van der Waals surface area contributed by atoms with E-state index < -0.39 is 0 Å². The Kier molecular flexibility index (Phi) is 4.15. The Hall–Kier alpha value is -1.17. The van der Waals surface area contributed by atoms with Crippen molar-refractivity contribution in [3.63, 3.8) is 0 Å². The highest BCUT2D eigenvalue weighted by molar-refractivity contribution is 7.11. The molecule has 3 aromatic heterocycles. The standard InChI is InChI=1S/C14H14Cl2N4S/c1-8-6-18-14(21-8)9(2)20-12(3-4-15)19-11-5-10(16)7-17-13(11)20/h5-7,9H,3-4H2,1-2H3. The number of halogens is 2. The largest absolute Gasteiger partial charge is 0.303 e. The molecular formula is C14H14Cl2N4S. The molecule has 0 spiro atoms. The van der Waals surface area contributed by atoms with E-state index in [4.69, 9.17) is 23.2 Å². The first kappa shape index (κ1) is 14.8. The van der Waals surface area contributed by atoms with E-state index in [0.29, 0.717) is 17.3 Å².